The minimum atomic E-state index is -1.68. The Hall–Kier alpha value is -1.42. The van der Waals surface area contributed by atoms with Gasteiger partial charge in [-0.2, -0.15) is 0 Å². The number of rotatable bonds is 12. The topological polar surface area (TPSA) is 111 Å². The highest BCUT2D eigenvalue weighted by Crippen LogP contribution is 2.17. The predicted molar refractivity (Wildman–Crippen MR) is 125 cm³/mol. The summed E-state index contributed by atoms with van der Waals surface area (Å²) in [7, 11) is 0. The molecule has 9 heteroatoms. The molecular weight excluding hydrogens is 418 g/mol. The molecular formula is C22H39N3O5S. The normalized spacial score (nSPS) is 19.0. The number of allylic oxidation sites excluding steroid dienone is 1. The van der Waals surface area contributed by atoms with Crippen LogP contribution in [0.1, 0.15) is 47.0 Å². The van der Waals surface area contributed by atoms with E-state index in [4.69, 9.17) is 4.74 Å². The van der Waals surface area contributed by atoms with E-state index in [0.29, 0.717) is 38.0 Å². The number of carbonyl (C=O) groups excluding carboxylic acids is 2. The minimum Gasteiger partial charge on any atom is -0.378 e. The van der Waals surface area contributed by atoms with E-state index >= 15 is 0 Å². The zero-order chi connectivity index (χ0) is 23.2. The van der Waals surface area contributed by atoms with Gasteiger partial charge in [0.05, 0.1) is 25.2 Å². The Bertz CT molecular complexity index is 594. The Morgan fingerprint density at radius 3 is 2.48 bits per heavy atom. The summed E-state index contributed by atoms with van der Waals surface area (Å²) in [5, 5.41) is 24.1. The molecule has 0 aromatic heterocycles. The third kappa shape index (κ3) is 10.6. The minimum absolute atomic E-state index is 0.0554. The SMILES string of the molecule is CCCC(C)/C=C/SC[C@H](NC(=O)C(C=NC(=O)N1CCOCC1)[C@@H](C)CC)C(O)O. The predicted octanol–water partition coefficient (Wildman–Crippen LogP) is 2.65. The first-order chi connectivity index (χ1) is 14.8. The van der Waals surface area contributed by atoms with Crippen molar-refractivity contribution in [1.29, 1.82) is 0 Å². The van der Waals surface area contributed by atoms with Crippen LogP contribution in [0.5, 0.6) is 0 Å². The summed E-state index contributed by atoms with van der Waals surface area (Å²) in [6, 6.07) is -1.21. The Balaban J connectivity index is 2.71. The molecule has 0 aliphatic carbocycles. The Morgan fingerprint density at radius 1 is 1.23 bits per heavy atom. The third-order valence-electron chi connectivity index (χ3n) is 5.40. The van der Waals surface area contributed by atoms with Gasteiger partial charge in [-0.3, -0.25) is 4.79 Å². The van der Waals surface area contributed by atoms with Crippen LogP contribution in [0.2, 0.25) is 0 Å². The van der Waals surface area contributed by atoms with Crippen molar-refractivity contribution in [1.82, 2.24) is 10.2 Å². The average molecular weight is 458 g/mol. The monoisotopic (exact) mass is 457 g/mol. The van der Waals surface area contributed by atoms with Crippen molar-refractivity contribution < 1.29 is 24.5 Å². The molecule has 0 saturated carbocycles. The number of aliphatic hydroxyl groups excluding tert-OH is 1. The third-order valence-corrected chi connectivity index (χ3v) is 6.30. The molecule has 0 aromatic rings. The van der Waals surface area contributed by atoms with E-state index in [-0.39, 0.29) is 17.9 Å². The highest BCUT2D eigenvalue weighted by Gasteiger charge is 2.27. The summed E-state index contributed by atoms with van der Waals surface area (Å²) in [4.78, 5) is 30.8. The number of hydrogen-bond donors (Lipinski definition) is 3. The first-order valence-electron chi connectivity index (χ1n) is 11.2. The molecule has 2 unspecified atom stereocenters. The van der Waals surface area contributed by atoms with Crippen molar-refractivity contribution >= 4 is 29.9 Å². The van der Waals surface area contributed by atoms with Gasteiger partial charge in [0.2, 0.25) is 5.91 Å². The van der Waals surface area contributed by atoms with Crippen LogP contribution in [0.4, 0.5) is 4.79 Å². The number of morpholine rings is 1. The quantitative estimate of drug-likeness (QED) is 0.307. The number of aliphatic imine (C=N–C) groups is 1. The maximum Gasteiger partial charge on any atom is 0.343 e. The zero-order valence-electron chi connectivity index (χ0n) is 19.2. The molecule has 0 radical (unpaired) electrons. The fraction of sp³-hybridized carbons (Fsp3) is 0.773. The van der Waals surface area contributed by atoms with Crippen LogP contribution in [0.15, 0.2) is 16.5 Å². The molecule has 1 aliphatic heterocycles. The van der Waals surface area contributed by atoms with Crippen LogP contribution in [-0.4, -0.2) is 77.7 Å². The molecule has 31 heavy (non-hydrogen) atoms. The molecule has 1 heterocycles. The average Bonchev–Trinajstić information content (AvgIpc) is 2.76. The number of urea groups is 1. The molecule has 1 saturated heterocycles. The number of ether oxygens (including phenoxy) is 1. The van der Waals surface area contributed by atoms with Crippen molar-refractivity contribution in [3.05, 3.63) is 11.5 Å². The van der Waals surface area contributed by atoms with Gasteiger partial charge >= 0.3 is 6.03 Å². The van der Waals surface area contributed by atoms with E-state index in [1.165, 1.54) is 18.0 Å². The molecule has 1 rings (SSSR count). The van der Waals surface area contributed by atoms with Gasteiger partial charge < -0.3 is 25.2 Å². The number of thioether (sulfide) groups is 1. The second kappa shape index (κ2) is 15.4. The molecule has 3 N–H and O–H groups in total. The number of amides is 3. The van der Waals surface area contributed by atoms with Crippen LogP contribution < -0.4 is 5.32 Å². The maximum absolute atomic E-state index is 12.9. The van der Waals surface area contributed by atoms with Gasteiger partial charge in [-0.15, -0.1) is 11.8 Å². The molecule has 4 atom stereocenters. The standard InChI is InChI=1S/C22H39N3O5S/c1-5-7-16(3)8-13-31-15-19(21(27)28)24-20(26)18(17(4)6-2)14-23-22(29)25-9-11-30-12-10-25/h8,13-14,16-19,21,27-28H,5-7,9-12,15H2,1-4H3,(H,24,26)/b13-8+,23-14?/t16?,17-,18?,19-/m0/s1. The molecule has 0 spiro atoms. The smallest absolute Gasteiger partial charge is 0.343 e. The second-order valence-electron chi connectivity index (χ2n) is 8.03. The Labute approximate surface area is 190 Å². The molecule has 8 nitrogen and oxygen atoms in total. The first kappa shape index (κ1) is 27.6. The van der Waals surface area contributed by atoms with E-state index in [1.54, 1.807) is 4.90 Å². The lowest BCUT2D eigenvalue weighted by Gasteiger charge is -2.26. The van der Waals surface area contributed by atoms with Crippen LogP contribution >= 0.6 is 11.8 Å². The summed E-state index contributed by atoms with van der Waals surface area (Å²) < 4.78 is 5.24. The number of hydrogen-bond acceptors (Lipinski definition) is 6. The van der Waals surface area contributed by atoms with Crippen LogP contribution in [0, 0.1) is 17.8 Å². The lowest BCUT2D eigenvalue weighted by molar-refractivity contribution is -0.129. The lowest BCUT2D eigenvalue weighted by atomic mass is 9.91. The van der Waals surface area contributed by atoms with Gasteiger partial charge in [0, 0.05) is 25.1 Å². The first-order valence-corrected chi connectivity index (χ1v) is 12.2. The van der Waals surface area contributed by atoms with E-state index < -0.39 is 18.2 Å². The number of nitrogens with one attached hydrogen (secondary N) is 1. The van der Waals surface area contributed by atoms with E-state index in [0.717, 1.165) is 19.3 Å². The summed E-state index contributed by atoms with van der Waals surface area (Å²) in [5.41, 5.74) is 0. The molecule has 1 aliphatic rings. The molecule has 0 bridgehead atoms. The fourth-order valence-electron chi connectivity index (χ4n) is 3.09. The largest absolute Gasteiger partial charge is 0.378 e. The number of aliphatic hydroxyl groups is 2. The number of nitrogens with zero attached hydrogens (tertiary/aromatic N) is 2. The lowest BCUT2D eigenvalue weighted by Crippen LogP contribution is -2.48. The van der Waals surface area contributed by atoms with Crippen molar-refractivity contribution in [2.24, 2.45) is 22.7 Å². The van der Waals surface area contributed by atoms with Crippen molar-refractivity contribution in [3.8, 4) is 0 Å². The maximum atomic E-state index is 12.9. The molecule has 1 fully saturated rings. The van der Waals surface area contributed by atoms with Gasteiger partial charge in [0.25, 0.3) is 0 Å². The molecule has 0 aromatic carbocycles. The van der Waals surface area contributed by atoms with E-state index in [9.17, 15) is 19.8 Å². The second-order valence-corrected chi connectivity index (χ2v) is 8.97. The summed E-state index contributed by atoms with van der Waals surface area (Å²) in [6.45, 7) is 10.1. The molecule has 178 valence electrons. The highest BCUT2D eigenvalue weighted by molar-refractivity contribution is 8.02. The number of carbonyl (C=O) groups is 2. The highest BCUT2D eigenvalue weighted by atomic mass is 32.2. The van der Waals surface area contributed by atoms with Gasteiger partial charge in [-0.25, -0.2) is 9.79 Å². The Morgan fingerprint density at radius 2 is 1.90 bits per heavy atom. The van der Waals surface area contributed by atoms with Gasteiger partial charge in [-0.05, 0) is 23.7 Å². The van der Waals surface area contributed by atoms with Gasteiger partial charge in [0.1, 0.15) is 0 Å². The van der Waals surface area contributed by atoms with Crippen LogP contribution in [0.25, 0.3) is 0 Å². The summed E-state index contributed by atoms with van der Waals surface area (Å²) in [6.07, 6.45) is 4.72. The fourth-order valence-corrected chi connectivity index (χ4v) is 4.04. The van der Waals surface area contributed by atoms with E-state index in [2.05, 4.69) is 30.2 Å². The summed E-state index contributed by atoms with van der Waals surface area (Å²) >= 11 is 1.43. The van der Waals surface area contributed by atoms with Crippen molar-refractivity contribution in [2.45, 2.75) is 59.3 Å². The summed E-state index contributed by atoms with van der Waals surface area (Å²) in [5.74, 6) is -0.272. The van der Waals surface area contributed by atoms with E-state index in [1.807, 2.05) is 19.3 Å². The molecule has 3 amide bonds. The van der Waals surface area contributed by atoms with Crippen molar-refractivity contribution in [3.63, 3.8) is 0 Å². The Kier molecular flexibility index (Phi) is 13.7. The van der Waals surface area contributed by atoms with Gasteiger partial charge in [-0.1, -0.05) is 46.6 Å². The van der Waals surface area contributed by atoms with Crippen LogP contribution in [0.3, 0.4) is 0 Å². The van der Waals surface area contributed by atoms with Gasteiger partial charge in [0.15, 0.2) is 6.29 Å². The van der Waals surface area contributed by atoms with Crippen LogP contribution in [-0.2, 0) is 9.53 Å². The zero-order valence-corrected chi connectivity index (χ0v) is 20.0. The van der Waals surface area contributed by atoms with Crippen molar-refractivity contribution in [2.75, 3.05) is 32.1 Å².